The highest BCUT2D eigenvalue weighted by Crippen LogP contribution is 2.21. The number of piperazine rings is 1. The van der Waals surface area contributed by atoms with Gasteiger partial charge in [-0.3, -0.25) is 4.79 Å². The van der Waals surface area contributed by atoms with Crippen molar-refractivity contribution in [2.24, 2.45) is 5.73 Å². The summed E-state index contributed by atoms with van der Waals surface area (Å²) in [5, 5.41) is 0. The lowest BCUT2D eigenvalue weighted by molar-refractivity contribution is -0.120. The number of carbonyl (C=O) groups is 2. The van der Waals surface area contributed by atoms with E-state index in [1.165, 1.54) is 0 Å². The molecule has 1 fully saturated rings. The third-order valence-corrected chi connectivity index (χ3v) is 3.45. The minimum absolute atomic E-state index is 0. The quantitative estimate of drug-likeness (QED) is 0.890. The number of carbonyl (C=O) groups excluding carboxylic acids is 2. The standard InChI is InChI=1S/C16H23N3O3.H2S/c1-16(2,3)22-15(21)18-9-10-19(13(11-18)14(17)20)12-7-5-4-6-8-12;/h4-8,13H,9-11H2,1-3H3,(H2,17,20);1H2/t13-;/m0./s1. The molecule has 128 valence electrons. The van der Waals surface area contributed by atoms with Crippen molar-refractivity contribution in [2.45, 2.75) is 32.4 Å². The molecule has 2 rings (SSSR count). The Bertz CT molecular complexity index is 545. The summed E-state index contributed by atoms with van der Waals surface area (Å²) in [5.74, 6) is -0.447. The average Bonchev–Trinajstić information content (AvgIpc) is 2.45. The van der Waals surface area contributed by atoms with E-state index in [1.807, 2.05) is 56.0 Å². The van der Waals surface area contributed by atoms with Gasteiger partial charge in [0.15, 0.2) is 0 Å². The summed E-state index contributed by atoms with van der Waals surface area (Å²) >= 11 is 0. The van der Waals surface area contributed by atoms with Crippen molar-refractivity contribution < 1.29 is 14.3 Å². The predicted molar refractivity (Wildman–Crippen MR) is 95.0 cm³/mol. The molecule has 1 heterocycles. The lowest BCUT2D eigenvalue weighted by Crippen LogP contribution is -2.60. The van der Waals surface area contributed by atoms with Crippen molar-refractivity contribution in [3.05, 3.63) is 30.3 Å². The number of primary amides is 1. The van der Waals surface area contributed by atoms with Gasteiger partial charge in [0.1, 0.15) is 11.6 Å². The molecule has 0 bridgehead atoms. The van der Waals surface area contributed by atoms with E-state index in [0.29, 0.717) is 13.1 Å². The lowest BCUT2D eigenvalue weighted by Gasteiger charge is -2.41. The number of nitrogens with two attached hydrogens (primary N) is 1. The Morgan fingerprint density at radius 2 is 1.78 bits per heavy atom. The fourth-order valence-corrected chi connectivity index (χ4v) is 2.45. The highest BCUT2D eigenvalue weighted by atomic mass is 32.1. The Labute approximate surface area is 144 Å². The monoisotopic (exact) mass is 339 g/mol. The topological polar surface area (TPSA) is 75.9 Å². The Morgan fingerprint density at radius 3 is 2.30 bits per heavy atom. The second-order valence-corrected chi connectivity index (χ2v) is 6.37. The van der Waals surface area contributed by atoms with Gasteiger partial charge in [0, 0.05) is 18.8 Å². The zero-order valence-corrected chi connectivity index (χ0v) is 14.8. The van der Waals surface area contributed by atoms with Crippen LogP contribution in [-0.4, -0.2) is 48.2 Å². The predicted octanol–water partition coefficient (Wildman–Crippen LogP) is 1.71. The van der Waals surface area contributed by atoms with Crippen LogP contribution >= 0.6 is 13.5 Å². The van der Waals surface area contributed by atoms with Gasteiger partial charge >= 0.3 is 6.09 Å². The van der Waals surface area contributed by atoms with Crippen molar-refractivity contribution in [1.82, 2.24) is 4.90 Å². The molecule has 0 aliphatic carbocycles. The second kappa shape index (κ2) is 7.59. The van der Waals surface area contributed by atoms with Crippen molar-refractivity contribution in [3.63, 3.8) is 0 Å². The summed E-state index contributed by atoms with van der Waals surface area (Å²) in [5.41, 5.74) is 5.89. The summed E-state index contributed by atoms with van der Waals surface area (Å²) in [6.45, 7) is 6.72. The molecule has 2 N–H and O–H groups in total. The molecule has 1 aliphatic rings. The number of nitrogens with zero attached hydrogens (tertiary/aromatic N) is 2. The third-order valence-electron chi connectivity index (χ3n) is 3.45. The lowest BCUT2D eigenvalue weighted by atomic mass is 10.1. The minimum atomic E-state index is -0.560. The minimum Gasteiger partial charge on any atom is -0.444 e. The van der Waals surface area contributed by atoms with E-state index in [1.54, 1.807) is 4.90 Å². The number of benzene rings is 1. The van der Waals surface area contributed by atoms with Crippen LogP contribution in [0.5, 0.6) is 0 Å². The van der Waals surface area contributed by atoms with Gasteiger partial charge in [-0.15, -0.1) is 0 Å². The molecule has 0 unspecified atom stereocenters. The average molecular weight is 339 g/mol. The van der Waals surface area contributed by atoms with Gasteiger partial charge in [0.25, 0.3) is 0 Å². The summed E-state index contributed by atoms with van der Waals surface area (Å²) in [6.07, 6.45) is -0.411. The van der Waals surface area contributed by atoms with E-state index in [4.69, 9.17) is 10.5 Å². The van der Waals surface area contributed by atoms with E-state index in [2.05, 4.69) is 0 Å². The van der Waals surface area contributed by atoms with E-state index >= 15 is 0 Å². The highest BCUT2D eigenvalue weighted by molar-refractivity contribution is 7.59. The van der Waals surface area contributed by atoms with Crippen LogP contribution < -0.4 is 10.6 Å². The number of rotatable bonds is 2. The maximum atomic E-state index is 12.2. The molecule has 0 radical (unpaired) electrons. The molecular formula is C16H25N3O3S. The molecule has 0 aromatic heterocycles. The van der Waals surface area contributed by atoms with Crippen LogP contribution in [0.4, 0.5) is 10.5 Å². The summed E-state index contributed by atoms with van der Waals surface area (Å²) < 4.78 is 5.36. The zero-order chi connectivity index (χ0) is 16.3. The molecule has 1 atom stereocenters. The Kier molecular flexibility index (Phi) is 6.32. The first-order chi connectivity index (χ1) is 10.3. The number of para-hydroxylation sites is 1. The normalized spacial score (nSPS) is 18.1. The molecule has 2 amide bonds. The van der Waals surface area contributed by atoms with Crippen LogP contribution in [0.2, 0.25) is 0 Å². The Hall–Kier alpha value is -1.89. The zero-order valence-electron chi connectivity index (χ0n) is 13.8. The first-order valence-corrected chi connectivity index (χ1v) is 7.37. The van der Waals surface area contributed by atoms with Gasteiger partial charge < -0.3 is 20.3 Å². The van der Waals surface area contributed by atoms with Crippen LogP contribution in [0.3, 0.4) is 0 Å². The molecule has 1 aromatic rings. The number of hydrogen-bond acceptors (Lipinski definition) is 4. The van der Waals surface area contributed by atoms with Crippen LogP contribution in [0.1, 0.15) is 20.8 Å². The summed E-state index contributed by atoms with van der Waals surface area (Å²) in [4.78, 5) is 27.4. The van der Waals surface area contributed by atoms with E-state index in [9.17, 15) is 9.59 Å². The molecular weight excluding hydrogens is 314 g/mol. The van der Waals surface area contributed by atoms with Crippen LogP contribution in [0, 0.1) is 0 Å². The molecule has 0 saturated carbocycles. The molecule has 1 aliphatic heterocycles. The van der Waals surface area contributed by atoms with Gasteiger partial charge in [0.2, 0.25) is 5.91 Å². The maximum absolute atomic E-state index is 12.2. The number of amides is 2. The molecule has 0 spiro atoms. The second-order valence-electron chi connectivity index (χ2n) is 6.37. The van der Waals surface area contributed by atoms with Crippen molar-refractivity contribution in [2.75, 3.05) is 24.5 Å². The largest absolute Gasteiger partial charge is 0.444 e. The SMILES string of the molecule is CC(C)(C)OC(=O)N1CCN(c2ccccc2)[C@H](C(N)=O)C1.S. The van der Waals surface area contributed by atoms with Crippen molar-refractivity contribution >= 4 is 31.2 Å². The van der Waals surface area contributed by atoms with E-state index in [0.717, 1.165) is 5.69 Å². The van der Waals surface area contributed by atoms with Crippen LogP contribution in [0.15, 0.2) is 30.3 Å². The van der Waals surface area contributed by atoms with Gasteiger partial charge in [-0.1, -0.05) is 18.2 Å². The van der Waals surface area contributed by atoms with Crippen LogP contribution in [0.25, 0.3) is 0 Å². The molecule has 7 heteroatoms. The molecule has 1 aromatic carbocycles. The van der Waals surface area contributed by atoms with Crippen LogP contribution in [-0.2, 0) is 9.53 Å². The van der Waals surface area contributed by atoms with Gasteiger partial charge in [-0.05, 0) is 32.9 Å². The van der Waals surface area contributed by atoms with Gasteiger partial charge in [-0.25, -0.2) is 4.79 Å². The molecule has 23 heavy (non-hydrogen) atoms. The van der Waals surface area contributed by atoms with E-state index < -0.39 is 23.6 Å². The highest BCUT2D eigenvalue weighted by Gasteiger charge is 2.34. The number of hydrogen-bond donors (Lipinski definition) is 1. The summed E-state index contributed by atoms with van der Waals surface area (Å²) in [6, 6.07) is 9.04. The van der Waals surface area contributed by atoms with E-state index in [-0.39, 0.29) is 20.0 Å². The Balaban J connectivity index is 0.00000264. The maximum Gasteiger partial charge on any atom is 0.410 e. The number of anilines is 1. The van der Waals surface area contributed by atoms with Gasteiger partial charge in [-0.2, -0.15) is 13.5 Å². The van der Waals surface area contributed by atoms with Crippen molar-refractivity contribution in [3.8, 4) is 0 Å². The fraction of sp³-hybridized carbons (Fsp3) is 0.500. The third kappa shape index (κ3) is 5.06. The smallest absolute Gasteiger partial charge is 0.410 e. The molecule has 1 saturated heterocycles. The molecule has 6 nitrogen and oxygen atoms in total. The first-order valence-electron chi connectivity index (χ1n) is 7.37. The first kappa shape index (κ1) is 19.2. The van der Waals surface area contributed by atoms with Crippen molar-refractivity contribution in [1.29, 1.82) is 0 Å². The number of ether oxygens (including phenoxy) is 1. The Morgan fingerprint density at radius 1 is 1.17 bits per heavy atom. The van der Waals surface area contributed by atoms with Gasteiger partial charge in [0.05, 0.1) is 6.54 Å². The fourth-order valence-electron chi connectivity index (χ4n) is 2.45. The summed E-state index contributed by atoms with van der Waals surface area (Å²) in [7, 11) is 0.